The Kier molecular flexibility index (Phi) is 4.65. The molecule has 1 N–H and O–H groups in total. The quantitative estimate of drug-likeness (QED) is 0.878. The summed E-state index contributed by atoms with van der Waals surface area (Å²) in [4.78, 5) is 2.57. The lowest BCUT2D eigenvalue weighted by Gasteiger charge is -2.40. The highest BCUT2D eigenvalue weighted by atomic mass is 15.2. The molecule has 2 rings (SSSR count). The van der Waals surface area contributed by atoms with Crippen LogP contribution in [0.5, 0.6) is 0 Å². The highest BCUT2D eigenvalue weighted by Crippen LogP contribution is 2.23. The first-order chi connectivity index (χ1) is 8.72. The summed E-state index contributed by atoms with van der Waals surface area (Å²) in [5.41, 5.74) is 2.84. The van der Waals surface area contributed by atoms with Gasteiger partial charge in [0.2, 0.25) is 0 Å². The molecule has 1 aliphatic rings. The van der Waals surface area contributed by atoms with E-state index in [1.54, 1.807) is 0 Å². The van der Waals surface area contributed by atoms with Crippen molar-refractivity contribution in [3.05, 3.63) is 29.8 Å². The van der Waals surface area contributed by atoms with E-state index in [9.17, 15) is 0 Å². The second-order valence-corrected chi connectivity index (χ2v) is 5.63. The maximum Gasteiger partial charge on any atom is 0.0437 e. The van der Waals surface area contributed by atoms with Crippen LogP contribution in [0.3, 0.4) is 0 Å². The van der Waals surface area contributed by atoms with E-state index in [1.165, 1.54) is 24.1 Å². The van der Waals surface area contributed by atoms with Gasteiger partial charge < -0.3 is 10.2 Å². The minimum atomic E-state index is 0.621. The summed E-state index contributed by atoms with van der Waals surface area (Å²) in [5.74, 6) is 0.688. The lowest BCUT2D eigenvalue weighted by molar-refractivity contribution is 0.390. The van der Waals surface area contributed by atoms with Crippen LogP contribution in [0.4, 0.5) is 5.69 Å². The Balaban J connectivity index is 2.12. The molecule has 100 valence electrons. The predicted molar refractivity (Wildman–Crippen MR) is 79.3 cm³/mol. The molecule has 1 heterocycles. The topological polar surface area (TPSA) is 15.3 Å². The maximum absolute atomic E-state index is 3.51. The molecule has 1 aromatic carbocycles. The normalized spacial score (nSPS) is 20.4. The predicted octanol–water partition coefficient (Wildman–Crippen LogP) is 3.07. The minimum Gasteiger partial charge on any atom is -0.366 e. The number of rotatable bonds is 4. The molecule has 1 fully saturated rings. The molecule has 2 nitrogen and oxygen atoms in total. The monoisotopic (exact) mass is 246 g/mol. The Labute approximate surface area is 111 Å². The van der Waals surface area contributed by atoms with Crippen molar-refractivity contribution in [2.75, 3.05) is 24.5 Å². The first-order valence-corrected chi connectivity index (χ1v) is 7.28. The smallest absolute Gasteiger partial charge is 0.0437 e. The molecular formula is C16H26N2. The molecule has 0 radical (unpaired) electrons. The number of hydrogen-bond donors (Lipinski definition) is 1. The van der Waals surface area contributed by atoms with Crippen molar-refractivity contribution >= 4 is 5.69 Å². The summed E-state index contributed by atoms with van der Waals surface area (Å²) in [6, 6.07) is 9.80. The summed E-state index contributed by atoms with van der Waals surface area (Å²) in [5, 5.41) is 3.51. The summed E-state index contributed by atoms with van der Waals surface area (Å²) < 4.78 is 0. The van der Waals surface area contributed by atoms with E-state index in [2.05, 4.69) is 55.3 Å². The number of piperazine rings is 1. The van der Waals surface area contributed by atoms with Crippen LogP contribution < -0.4 is 10.2 Å². The second kappa shape index (κ2) is 6.24. The summed E-state index contributed by atoms with van der Waals surface area (Å²) in [7, 11) is 0. The van der Waals surface area contributed by atoms with Gasteiger partial charge in [-0.15, -0.1) is 0 Å². The molecule has 1 saturated heterocycles. The lowest BCUT2D eigenvalue weighted by atomic mass is 9.99. The van der Waals surface area contributed by atoms with Gasteiger partial charge in [0.15, 0.2) is 0 Å². The van der Waals surface area contributed by atoms with Crippen molar-refractivity contribution in [1.29, 1.82) is 0 Å². The van der Waals surface area contributed by atoms with Gasteiger partial charge in [-0.1, -0.05) is 39.3 Å². The third-order valence-corrected chi connectivity index (χ3v) is 3.86. The third kappa shape index (κ3) is 3.05. The zero-order chi connectivity index (χ0) is 13.0. The maximum atomic E-state index is 3.51. The van der Waals surface area contributed by atoms with E-state index < -0.39 is 0 Å². The molecule has 0 spiro atoms. The van der Waals surface area contributed by atoms with Gasteiger partial charge in [-0.2, -0.15) is 0 Å². The first kappa shape index (κ1) is 13.4. The Bertz CT molecular complexity index is 356. The van der Waals surface area contributed by atoms with Crippen LogP contribution in [0.15, 0.2) is 24.3 Å². The van der Waals surface area contributed by atoms with Crippen LogP contribution in [0, 0.1) is 5.92 Å². The summed E-state index contributed by atoms with van der Waals surface area (Å²) in [6.07, 6.45) is 2.41. The van der Waals surface area contributed by atoms with Crippen molar-refractivity contribution in [3.63, 3.8) is 0 Å². The molecule has 0 saturated carbocycles. The van der Waals surface area contributed by atoms with Gasteiger partial charge in [-0.25, -0.2) is 0 Å². The fourth-order valence-corrected chi connectivity index (χ4v) is 2.78. The number of aryl methyl sites for hydroxylation is 1. The van der Waals surface area contributed by atoms with Crippen LogP contribution in [0.25, 0.3) is 0 Å². The molecule has 1 aliphatic heterocycles. The highest BCUT2D eigenvalue weighted by Gasteiger charge is 2.24. The van der Waals surface area contributed by atoms with Gasteiger partial charge in [0.25, 0.3) is 0 Å². The van der Waals surface area contributed by atoms with Crippen molar-refractivity contribution in [2.24, 2.45) is 5.92 Å². The molecule has 0 bridgehead atoms. The Morgan fingerprint density at radius 1 is 1.28 bits per heavy atom. The van der Waals surface area contributed by atoms with Crippen molar-refractivity contribution < 1.29 is 0 Å². The largest absolute Gasteiger partial charge is 0.366 e. The first-order valence-electron chi connectivity index (χ1n) is 7.28. The van der Waals surface area contributed by atoms with E-state index >= 15 is 0 Å². The summed E-state index contributed by atoms with van der Waals surface area (Å²) in [6.45, 7) is 10.2. The van der Waals surface area contributed by atoms with Crippen LogP contribution in [0.2, 0.25) is 0 Å². The van der Waals surface area contributed by atoms with E-state index in [-0.39, 0.29) is 0 Å². The fraction of sp³-hybridized carbons (Fsp3) is 0.625. The van der Waals surface area contributed by atoms with E-state index in [1.807, 2.05) is 0 Å². The standard InChI is InChI=1S/C16H26N2/c1-4-5-14-6-8-15(9-7-14)18-11-10-17-12-16(18)13(2)3/h6-9,13,16-17H,4-5,10-12H2,1-3H3. The molecule has 1 unspecified atom stereocenters. The van der Waals surface area contributed by atoms with Gasteiger partial charge in [-0.3, -0.25) is 0 Å². The molecule has 18 heavy (non-hydrogen) atoms. The lowest BCUT2D eigenvalue weighted by Crippen LogP contribution is -2.53. The van der Waals surface area contributed by atoms with Crippen LogP contribution in [-0.4, -0.2) is 25.7 Å². The second-order valence-electron chi connectivity index (χ2n) is 5.63. The van der Waals surface area contributed by atoms with Gasteiger partial charge >= 0.3 is 0 Å². The molecule has 0 amide bonds. The fourth-order valence-electron chi connectivity index (χ4n) is 2.78. The summed E-state index contributed by atoms with van der Waals surface area (Å²) >= 11 is 0. The Morgan fingerprint density at radius 2 is 2.00 bits per heavy atom. The van der Waals surface area contributed by atoms with Gasteiger partial charge in [-0.05, 0) is 30.0 Å². The van der Waals surface area contributed by atoms with Gasteiger partial charge in [0, 0.05) is 31.4 Å². The number of nitrogens with one attached hydrogen (secondary N) is 1. The molecule has 1 atom stereocenters. The van der Waals surface area contributed by atoms with Crippen molar-refractivity contribution in [1.82, 2.24) is 5.32 Å². The van der Waals surface area contributed by atoms with Crippen LogP contribution in [0.1, 0.15) is 32.8 Å². The number of benzene rings is 1. The number of nitrogens with zero attached hydrogens (tertiary/aromatic N) is 1. The average molecular weight is 246 g/mol. The van der Waals surface area contributed by atoms with Crippen molar-refractivity contribution in [2.45, 2.75) is 39.7 Å². The minimum absolute atomic E-state index is 0.621. The molecular weight excluding hydrogens is 220 g/mol. The molecule has 2 heteroatoms. The van der Waals surface area contributed by atoms with E-state index in [0.717, 1.165) is 19.6 Å². The Morgan fingerprint density at radius 3 is 2.61 bits per heavy atom. The Hall–Kier alpha value is -1.02. The van der Waals surface area contributed by atoms with Gasteiger partial charge in [0.1, 0.15) is 0 Å². The van der Waals surface area contributed by atoms with E-state index in [0.29, 0.717) is 12.0 Å². The third-order valence-electron chi connectivity index (χ3n) is 3.86. The molecule has 0 aromatic heterocycles. The van der Waals surface area contributed by atoms with Crippen molar-refractivity contribution in [3.8, 4) is 0 Å². The number of hydrogen-bond acceptors (Lipinski definition) is 2. The van der Waals surface area contributed by atoms with Crippen LogP contribution >= 0.6 is 0 Å². The average Bonchev–Trinajstić information content (AvgIpc) is 2.40. The zero-order valence-electron chi connectivity index (χ0n) is 11.9. The molecule has 1 aromatic rings. The van der Waals surface area contributed by atoms with E-state index in [4.69, 9.17) is 0 Å². The van der Waals surface area contributed by atoms with Crippen LogP contribution in [-0.2, 0) is 6.42 Å². The number of anilines is 1. The zero-order valence-corrected chi connectivity index (χ0v) is 11.9. The molecule has 0 aliphatic carbocycles. The SMILES string of the molecule is CCCc1ccc(N2CCNCC2C(C)C)cc1. The van der Waals surface area contributed by atoms with Gasteiger partial charge in [0.05, 0.1) is 0 Å². The highest BCUT2D eigenvalue weighted by molar-refractivity contribution is 5.49.